The van der Waals surface area contributed by atoms with Crippen molar-refractivity contribution in [2.75, 3.05) is 0 Å². The number of hydrogen-bond acceptors (Lipinski definition) is 3. The van der Waals surface area contributed by atoms with E-state index in [-0.39, 0.29) is 36.7 Å². The van der Waals surface area contributed by atoms with E-state index in [0.717, 1.165) is 38.6 Å². The number of nitrogens with one attached hydrogen (secondary N) is 1. The van der Waals surface area contributed by atoms with Crippen LogP contribution >= 0.6 is 24.8 Å². The van der Waals surface area contributed by atoms with E-state index in [1.807, 2.05) is 6.07 Å². The molecular weight excluding hydrogens is 332 g/mol. The first kappa shape index (κ1) is 22.3. The third-order valence-electron chi connectivity index (χ3n) is 4.47. The summed E-state index contributed by atoms with van der Waals surface area (Å²) in [6.45, 7) is 3.02. The summed E-state index contributed by atoms with van der Waals surface area (Å²) in [4.78, 5) is 11.8. The van der Waals surface area contributed by atoms with Gasteiger partial charge in [-0.3, -0.25) is 4.79 Å². The molecule has 1 unspecified atom stereocenters. The van der Waals surface area contributed by atoms with Crippen molar-refractivity contribution >= 4 is 38.8 Å². The summed E-state index contributed by atoms with van der Waals surface area (Å²) in [7, 11) is 5.07. The molecule has 0 spiro atoms. The SMILES string of the molecule is Cl.Cl.[B]OC(=O)C(CCCC)C1CC(NCc2ccccc2)C1. The van der Waals surface area contributed by atoms with Gasteiger partial charge < -0.3 is 9.97 Å². The van der Waals surface area contributed by atoms with Crippen LogP contribution in [-0.4, -0.2) is 20.1 Å². The molecule has 0 bridgehead atoms. The van der Waals surface area contributed by atoms with Crippen molar-refractivity contribution < 1.29 is 9.45 Å². The first-order valence-corrected chi connectivity index (χ1v) is 7.92. The lowest BCUT2D eigenvalue weighted by atomic mass is 9.70. The smallest absolute Gasteiger partial charge is 0.378 e. The number of halogens is 2. The fourth-order valence-electron chi connectivity index (χ4n) is 3.07. The molecule has 1 fully saturated rings. The normalized spacial score (nSPS) is 20.4. The van der Waals surface area contributed by atoms with Gasteiger partial charge in [0.05, 0.1) is 5.92 Å². The van der Waals surface area contributed by atoms with Crippen LogP contribution in [0.1, 0.15) is 44.6 Å². The number of carbonyl (C=O) groups is 1. The van der Waals surface area contributed by atoms with Gasteiger partial charge in [0.1, 0.15) is 0 Å². The van der Waals surface area contributed by atoms with Crippen LogP contribution in [0, 0.1) is 11.8 Å². The molecule has 23 heavy (non-hydrogen) atoms. The van der Waals surface area contributed by atoms with Gasteiger partial charge >= 0.3 is 8.05 Å². The number of rotatable bonds is 8. The highest BCUT2D eigenvalue weighted by atomic mass is 35.5. The summed E-state index contributed by atoms with van der Waals surface area (Å²) in [6.07, 6.45) is 5.12. The number of hydrogen-bond donors (Lipinski definition) is 1. The van der Waals surface area contributed by atoms with Crippen LogP contribution < -0.4 is 5.32 Å². The Hall–Kier alpha value is -0.705. The molecule has 0 saturated heterocycles. The molecule has 1 N–H and O–H groups in total. The lowest BCUT2D eigenvalue weighted by molar-refractivity contribution is -0.142. The molecule has 0 heterocycles. The minimum Gasteiger partial charge on any atom is -0.543 e. The Morgan fingerprint density at radius 1 is 1.30 bits per heavy atom. The summed E-state index contributed by atoms with van der Waals surface area (Å²) >= 11 is 0. The van der Waals surface area contributed by atoms with Crippen molar-refractivity contribution in [2.45, 2.75) is 51.6 Å². The zero-order valence-electron chi connectivity index (χ0n) is 13.6. The maximum absolute atomic E-state index is 11.8. The minimum atomic E-state index is -0.241. The first-order chi connectivity index (χ1) is 10.2. The van der Waals surface area contributed by atoms with Gasteiger partial charge in [0.2, 0.25) is 0 Å². The van der Waals surface area contributed by atoms with E-state index >= 15 is 0 Å². The first-order valence-electron chi connectivity index (χ1n) is 7.92. The maximum Gasteiger partial charge on any atom is 0.378 e. The van der Waals surface area contributed by atoms with E-state index in [9.17, 15) is 4.79 Å². The second-order valence-corrected chi connectivity index (χ2v) is 5.98. The molecule has 0 aromatic heterocycles. The van der Waals surface area contributed by atoms with Crippen LogP contribution in [0.25, 0.3) is 0 Å². The molecule has 128 valence electrons. The summed E-state index contributed by atoms with van der Waals surface area (Å²) in [5, 5.41) is 3.55. The monoisotopic (exact) mass is 357 g/mol. The summed E-state index contributed by atoms with van der Waals surface area (Å²) in [5.74, 6) is 0.153. The van der Waals surface area contributed by atoms with Crippen molar-refractivity contribution in [1.82, 2.24) is 5.32 Å². The standard InChI is InChI=1S/C17H24BNO2.2ClH/c1-2-3-9-16(17(20)21-18)14-10-15(11-14)19-12-13-7-5-4-6-8-13;;/h4-8,14-16,19H,2-3,9-12H2,1H3;2*1H. The Morgan fingerprint density at radius 3 is 2.52 bits per heavy atom. The van der Waals surface area contributed by atoms with Crippen molar-refractivity contribution in [1.29, 1.82) is 0 Å². The molecule has 1 aliphatic carbocycles. The highest BCUT2D eigenvalue weighted by molar-refractivity contribution is 6.05. The molecule has 1 aromatic carbocycles. The number of unbranched alkanes of at least 4 members (excludes halogenated alkanes) is 1. The predicted molar refractivity (Wildman–Crippen MR) is 99.2 cm³/mol. The molecule has 3 nitrogen and oxygen atoms in total. The van der Waals surface area contributed by atoms with Crippen LogP contribution in [-0.2, 0) is 16.0 Å². The minimum absolute atomic E-state index is 0. The molecule has 1 aliphatic rings. The van der Waals surface area contributed by atoms with Gasteiger partial charge in [0, 0.05) is 12.6 Å². The summed E-state index contributed by atoms with van der Waals surface area (Å²) in [6, 6.07) is 10.9. The molecule has 1 aromatic rings. The Kier molecular flexibility index (Phi) is 11.4. The molecule has 6 heteroatoms. The van der Waals surface area contributed by atoms with Gasteiger partial charge in [-0.1, -0.05) is 50.1 Å². The van der Waals surface area contributed by atoms with Crippen molar-refractivity contribution in [3.8, 4) is 0 Å². The Bertz CT molecular complexity index is 441. The Balaban J connectivity index is 0.00000242. The van der Waals surface area contributed by atoms with Crippen LogP contribution in [0.15, 0.2) is 30.3 Å². The van der Waals surface area contributed by atoms with E-state index in [1.165, 1.54) is 5.56 Å². The fraction of sp³-hybridized carbons (Fsp3) is 0.588. The molecule has 2 rings (SSSR count). The zero-order valence-corrected chi connectivity index (χ0v) is 15.2. The van der Waals surface area contributed by atoms with E-state index in [2.05, 4.69) is 41.2 Å². The van der Waals surface area contributed by atoms with Crippen LogP contribution in [0.4, 0.5) is 0 Å². The maximum atomic E-state index is 11.8. The van der Waals surface area contributed by atoms with Gasteiger partial charge in [0.15, 0.2) is 0 Å². The third-order valence-corrected chi connectivity index (χ3v) is 4.47. The van der Waals surface area contributed by atoms with E-state index in [4.69, 9.17) is 8.05 Å². The molecule has 0 amide bonds. The van der Waals surface area contributed by atoms with Gasteiger partial charge in [-0.2, -0.15) is 0 Å². The summed E-state index contributed by atoms with van der Waals surface area (Å²) < 4.78 is 4.47. The average Bonchev–Trinajstić information content (AvgIpc) is 2.48. The molecule has 2 radical (unpaired) electrons. The largest absolute Gasteiger partial charge is 0.543 e. The topological polar surface area (TPSA) is 38.3 Å². The van der Waals surface area contributed by atoms with Gasteiger partial charge in [-0.05, 0) is 30.7 Å². The second-order valence-electron chi connectivity index (χ2n) is 5.98. The van der Waals surface area contributed by atoms with Gasteiger partial charge in [-0.25, -0.2) is 0 Å². The summed E-state index contributed by atoms with van der Waals surface area (Å²) in [5.41, 5.74) is 1.30. The number of benzene rings is 1. The zero-order chi connectivity index (χ0) is 15.1. The molecule has 1 atom stereocenters. The molecule has 0 aliphatic heterocycles. The lowest BCUT2D eigenvalue weighted by Crippen LogP contribution is -2.45. The van der Waals surface area contributed by atoms with Crippen LogP contribution in [0.3, 0.4) is 0 Å². The van der Waals surface area contributed by atoms with Crippen LogP contribution in [0.5, 0.6) is 0 Å². The fourth-order valence-corrected chi connectivity index (χ4v) is 3.07. The van der Waals surface area contributed by atoms with Gasteiger partial charge in [0.25, 0.3) is 5.97 Å². The Morgan fingerprint density at radius 2 is 1.96 bits per heavy atom. The van der Waals surface area contributed by atoms with Crippen LogP contribution in [0.2, 0.25) is 0 Å². The average molecular weight is 358 g/mol. The van der Waals surface area contributed by atoms with E-state index < -0.39 is 0 Å². The highest BCUT2D eigenvalue weighted by Crippen LogP contribution is 2.37. The number of carbonyl (C=O) groups excluding carboxylic acids is 1. The van der Waals surface area contributed by atoms with Crippen molar-refractivity contribution in [3.63, 3.8) is 0 Å². The molecular formula is C17H26BCl2NO2. The van der Waals surface area contributed by atoms with Crippen molar-refractivity contribution in [3.05, 3.63) is 35.9 Å². The van der Waals surface area contributed by atoms with Gasteiger partial charge in [-0.15, -0.1) is 24.8 Å². The van der Waals surface area contributed by atoms with Crippen molar-refractivity contribution in [2.24, 2.45) is 11.8 Å². The third kappa shape index (κ3) is 6.74. The second kappa shape index (κ2) is 11.8. The van der Waals surface area contributed by atoms with E-state index in [0.29, 0.717) is 12.0 Å². The quantitative estimate of drug-likeness (QED) is 0.718. The predicted octanol–water partition coefficient (Wildman–Crippen LogP) is 3.83. The molecule has 1 saturated carbocycles. The van der Waals surface area contributed by atoms with E-state index in [1.54, 1.807) is 0 Å². The Labute approximate surface area is 153 Å². The lowest BCUT2D eigenvalue weighted by Gasteiger charge is -2.40. The highest BCUT2D eigenvalue weighted by Gasteiger charge is 2.38.